The summed E-state index contributed by atoms with van der Waals surface area (Å²) in [7, 11) is 0. The Kier molecular flexibility index (Phi) is 6.33. The van der Waals surface area contributed by atoms with E-state index >= 15 is 0 Å². The van der Waals surface area contributed by atoms with Gasteiger partial charge in [0.2, 0.25) is 0 Å². The molecule has 1 fully saturated rings. The molecule has 0 aromatic heterocycles. The van der Waals surface area contributed by atoms with Gasteiger partial charge < -0.3 is 15.2 Å². The molecule has 1 aromatic carbocycles. The van der Waals surface area contributed by atoms with E-state index in [1.807, 2.05) is 0 Å². The number of amides is 1. The second-order valence-electron chi connectivity index (χ2n) is 5.58. The fourth-order valence-corrected chi connectivity index (χ4v) is 2.90. The lowest BCUT2D eigenvalue weighted by molar-refractivity contribution is -0.124. The van der Waals surface area contributed by atoms with E-state index in [9.17, 15) is 9.90 Å². The first kappa shape index (κ1) is 16.1. The number of nitrogens with one attached hydrogen (secondary N) is 1. The molecule has 1 aromatic rings. The van der Waals surface area contributed by atoms with Gasteiger partial charge in [-0.15, -0.1) is 0 Å². The molecule has 1 saturated carbocycles. The summed E-state index contributed by atoms with van der Waals surface area (Å²) >= 11 is 5.78. The highest BCUT2D eigenvalue weighted by Crippen LogP contribution is 2.28. The molecule has 1 aliphatic rings. The summed E-state index contributed by atoms with van der Waals surface area (Å²) in [6, 6.07) is 6.70. The van der Waals surface area contributed by atoms with E-state index in [0.29, 0.717) is 16.7 Å². The summed E-state index contributed by atoms with van der Waals surface area (Å²) in [5.74, 6) is 1.02. The Morgan fingerprint density at radius 2 is 2.00 bits per heavy atom. The molecule has 0 heterocycles. The normalized spacial score (nSPS) is 16.7. The van der Waals surface area contributed by atoms with Crippen LogP contribution in [0.3, 0.4) is 0 Å². The van der Waals surface area contributed by atoms with Crippen LogP contribution in [0.15, 0.2) is 24.3 Å². The van der Waals surface area contributed by atoms with E-state index in [0.717, 1.165) is 6.42 Å². The smallest absolute Gasteiger partial charge is 0.258 e. The van der Waals surface area contributed by atoms with Gasteiger partial charge in [0.25, 0.3) is 5.91 Å². The maximum absolute atomic E-state index is 11.9. The molecule has 2 rings (SSSR count). The van der Waals surface area contributed by atoms with Gasteiger partial charge in [-0.2, -0.15) is 0 Å². The van der Waals surface area contributed by atoms with Crippen molar-refractivity contribution in [2.75, 3.05) is 13.2 Å². The highest BCUT2D eigenvalue weighted by Gasteiger charge is 2.21. The molecule has 0 aliphatic heterocycles. The van der Waals surface area contributed by atoms with Crippen LogP contribution in [0.25, 0.3) is 0 Å². The lowest BCUT2D eigenvalue weighted by atomic mass is 9.99. The molecule has 21 heavy (non-hydrogen) atoms. The van der Waals surface area contributed by atoms with Crippen molar-refractivity contribution < 1.29 is 14.6 Å². The van der Waals surface area contributed by atoms with Crippen molar-refractivity contribution in [3.63, 3.8) is 0 Å². The van der Waals surface area contributed by atoms with Crippen molar-refractivity contribution in [2.45, 2.75) is 38.1 Å². The minimum atomic E-state index is -0.206. The Morgan fingerprint density at radius 1 is 1.33 bits per heavy atom. The highest BCUT2D eigenvalue weighted by molar-refractivity contribution is 6.30. The van der Waals surface area contributed by atoms with Gasteiger partial charge in [-0.25, -0.2) is 0 Å². The Labute approximate surface area is 130 Å². The number of aliphatic hydroxyl groups is 1. The number of ether oxygens (including phenoxy) is 1. The summed E-state index contributed by atoms with van der Waals surface area (Å²) < 4.78 is 5.39. The average Bonchev–Trinajstić information content (AvgIpc) is 2.99. The van der Waals surface area contributed by atoms with Crippen molar-refractivity contribution >= 4 is 17.5 Å². The molecule has 0 radical (unpaired) electrons. The minimum Gasteiger partial charge on any atom is -0.484 e. The maximum Gasteiger partial charge on any atom is 0.258 e. The Bertz CT molecular complexity index is 443. The van der Waals surface area contributed by atoms with E-state index in [-0.39, 0.29) is 25.2 Å². The zero-order valence-corrected chi connectivity index (χ0v) is 12.8. The number of rotatable bonds is 7. The van der Waals surface area contributed by atoms with Crippen LogP contribution < -0.4 is 10.1 Å². The second kappa shape index (κ2) is 8.25. The predicted molar refractivity (Wildman–Crippen MR) is 82.5 cm³/mol. The molecule has 4 nitrogen and oxygen atoms in total. The van der Waals surface area contributed by atoms with E-state index in [1.165, 1.54) is 25.7 Å². The summed E-state index contributed by atoms with van der Waals surface area (Å²) in [6.07, 6.45) is 5.78. The SMILES string of the molecule is O=C(COc1ccc(Cl)cc1)N[C@H](CO)CC1CCCC1. The third kappa shape index (κ3) is 5.56. The fourth-order valence-electron chi connectivity index (χ4n) is 2.78. The number of hydrogen-bond donors (Lipinski definition) is 2. The summed E-state index contributed by atoms with van der Waals surface area (Å²) in [5, 5.41) is 12.8. The molecule has 5 heteroatoms. The van der Waals surface area contributed by atoms with Gasteiger partial charge in [-0.05, 0) is 36.6 Å². The molecule has 1 atom stereocenters. The number of hydrogen-bond acceptors (Lipinski definition) is 3. The van der Waals surface area contributed by atoms with Crippen molar-refractivity contribution in [3.05, 3.63) is 29.3 Å². The molecule has 0 saturated heterocycles. The van der Waals surface area contributed by atoms with Gasteiger partial charge in [0, 0.05) is 5.02 Å². The molecule has 1 amide bonds. The quantitative estimate of drug-likeness (QED) is 0.814. The zero-order valence-electron chi connectivity index (χ0n) is 12.1. The van der Waals surface area contributed by atoms with E-state index in [2.05, 4.69) is 5.32 Å². The zero-order chi connectivity index (χ0) is 15.1. The molecular formula is C16H22ClNO3. The minimum absolute atomic E-state index is 0.0246. The molecular weight excluding hydrogens is 290 g/mol. The lowest BCUT2D eigenvalue weighted by Gasteiger charge is -2.20. The monoisotopic (exact) mass is 311 g/mol. The predicted octanol–water partition coefficient (Wildman–Crippen LogP) is 2.78. The van der Waals surface area contributed by atoms with Gasteiger partial charge in [-0.3, -0.25) is 4.79 Å². The van der Waals surface area contributed by atoms with Crippen LogP contribution in [0, 0.1) is 5.92 Å². The number of aliphatic hydroxyl groups excluding tert-OH is 1. The molecule has 0 unspecified atom stereocenters. The standard InChI is InChI=1S/C16H22ClNO3/c17-13-5-7-15(8-6-13)21-11-16(20)18-14(10-19)9-12-3-1-2-4-12/h5-8,12,14,19H,1-4,9-11H2,(H,18,20)/t14-/m0/s1. The third-order valence-corrected chi connectivity index (χ3v) is 4.11. The van der Waals surface area contributed by atoms with Crippen LogP contribution in [0.5, 0.6) is 5.75 Å². The molecule has 0 bridgehead atoms. The first-order valence-corrected chi connectivity index (χ1v) is 7.83. The number of carbonyl (C=O) groups is 1. The van der Waals surface area contributed by atoms with E-state index < -0.39 is 0 Å². The topological polar surface area (TPSA) is 58.6 Å². The van der Waals surface area contributed by atoms with Crippen LogP contribution in [0.1, 0.15) is 32.1 Å². The van der Waals surface area contributed by atoms with Gasteiger partial charge in [-0.1, -0.05) is 37.3 Å². The Balaban J connectivity index is 1.72. The van der Waals surface area contributed by atoms with Crippen LogP contribution in [0.2, 0.25) is 5.02 Å². The van der Waals surface area contributed by atoms with Crippen LogP contribution in [0.4, 0.5) is 0 Å². The first-order chi connectivity index (χ1) is 10.2. The molecule has 2 N–H and O–H groups in total. The number of carbonyl (C=O) groups excluding carboxylic acids is 1. The number of benzene rings is 1. The van der Waals surface area contributed by atoms with E-state index in [4.69, 9.17) is 16.3 Å². The van der Waals surface area contributed by atoms with Crippen LogP contribution in [-0.2, 0) is 4.79 Å². The largest absolute Gasteiger partial charge is 0.484 e. The Morgan fingerprint density at radius 3 is 2.62 bits per heavy atom. The van der Waals surface area contributed by atoms with Crippen LogP contribution in [-0.4, -0.2) is 30.3 Å². The first-order valence-electron chi connectivity index (χ1n) is 7.46. The number of halogens is 1. The van der Waals surface area contributed by atoms with Crippen molar-refractivity contribution in [2.24, 2.45) is 5.92 Å². The summed E-state index contributed by atoms with van der Waals surface area (Å²) in [6.45, 7) is -0.0774. The van der Waals surface area contributed by atoms with Gasteiger partial charge in [0.1, 0.15) is 5.75 Å². The van der Waals surface area contributed by atoms with Gasteiger partial charge in [0.05, 0.1) is 12.6 Å². The lowest BCUT2D eigenvalue weighted by Crippen LogP contribution is -2.41. The van der Waals surface area contributed by atoms with E-state index in [1.54, 1.807) is 24.3 Å². The second-order valence-corrected chi connectivity index (χ2v) is 6.01. The highest BCUT2D eigenvalue weighted by atomic mass is 35.5. The molecule has 116 valence electrons. The van der Waals surface area contributed by atoms with Crippen molar-refractivity contribution in [1.82, 2.24) is 5.32 Å². The molecule has 1 aliphatic carbocycles. The van der Waals surface area contributed by atoms with Crippen LogP contribution >= 0.6 is 11.6 Å². The summed E-state index contributed by atoms with van der Waals surface area (Å²) in [5.41, 5.74) is 0. The van der Waals surface area contributed by atoms with Crippen molar-refractivity contribution in [3.8, 4) is 5.75 Å². The van der Waals surface area contributed by atoms with Gasteiger partial charge >= 0.3 is 0 Å². The Hall–Kier alpha value is -1.26. The maximum atomic E-state index is 11.9. The summed E-state index contributed by atoms with van der Waals surface area (Å²) in [4.78, 5) is 11.9. The third-order valence-electron chi connectivity index (χ3n) is 3.86. The van der Waals surface area contributed by atoms with Crippen molar-refractivity contribution in [1.29, 1.82) is 0 Å². The molecule has 0 spiro atoms. The van der Waals surface area contributed by atoms with Gasteiger partial charge in [0.15, 0.2) is 6.61 Å². The average molecular weight is 312 g/mol. The fraction of sp³-hybridized carbons (Fsp3) is 0.562.